The Morgan fingerprint density at radius 3 is 2.67 bits per heavy atom. The number of nitrogen functional groups attached to an aromatic ring is 1. The molecule has 2 aromatic rings. The lowest BCUT2D eigenvalue weighted by molar-refractivity contribution is 0.0962. The van der Waals surface area contributed by atoms with Gasteiger partial charge in [0, 0.05) is 12.6 Å². The van der Waals surface area contributed by atoms with Gasteiger partial charge in [0.1, 0.15) is 5.75 Å². The Balaban J connectivity index is 2.50. The highest BCUT2D eigenvalue weighted by Crippen LogP contribution is 2.32. The summed E-state index contributed by atoms with van der Waals surface area (Å²) in [5, 5.41) is 2.63. The van der Waals surface area contributed by atoms with E-state index >= 15 is 0 Å². The van der Waals surface area contributed by atoms with Gasteiger partial charge in [0.15, 0.2) is 0 Å². The van der Waals surface area contributed by atoms with Gasteiger partial charge < -0.3 is 15.8 Å². The van der Waals surface area contributed by atoms with E-state index in [1.165, 1.54) is 0 Å². The number of hydrogen-bond donors (Lipinski definition) is 2. The van der Waals surface area contributed by atoms with E-state index in [1.807, 2.05) is 24.3 Å². The molecule has 0 fully saturated rings. The number of rotatable bonds is 6. The van der Waals surface area contributed by atoms with E-state index in [0.717, 1.165) is 12.0 Å². The van der Waals surface area contributed by atoms with Gasteiger partial charge in [0.05, 0.1) is 23.6 Å². The zero-order valence-corrected chi connectivity index (χ0v) is 14.6. The second kappa shape index (κ2) is 7.77. The lowest BCUT2D eigenvalue weighted by Crippen LogP contribution is -2.22. The lowest BCUT2D eigenvalue weighted by atomic mass is 10.0. The van der Waals surface area contributed by atoms with Gasteiger partial charge in [-0.3, -0.25) is 4.79 Å². The van der Waals surface area contributed by atoms with Crippen LogP contribution < -0.4 is 15.8 Å². The summed E-state index contributed by atoms with van der Waals surface area (Å²) in [6.07, 6.45) is 0.946. The Hall–Kier alpha value is -2.63. The molecule has 0 saturated heterocycles. The Morgan fingerprint density at radius 2 is 2.00 bits per heavy atom. The number of para-hydroxylation sites is 1. The van der Waals surface area contributed by atoms with Crippen LogP contribution in [0.2, 0.25) is 0 Å². The summed E-state index contributed by atoms with van der Waals surface area (Å²) >= 11 is 0. The lowest BCUT2D eigenvalue weighted by Gasteiger charge is -2.15. The smallest absolute Gasteiger partial charge is 0.255 e. The van der Waals surface area contributed by atoms with Gasteiger partial charge in [-0.05, 0) is 31.4 Å². The molecular formula is C18H24N4O2. The Bertz CT molecular complexity index is 729. The van der Waals surface area contributed by atoms with Crippen LogP contribution in [0.5, 0.6) is 5.75 Å². The quantitative estimate of drug-likeness (QED) is 0.851. The van der Waals surface area contributed by atoms with Crippen LogP contribution >= 0.6 is 0 Å². The summed E-state index contributed by atoms with van der Waals surface area (Å²) in [7, 11) is 1.58. The SMILES string of the molecule is CNC(=O)c1c(C)nc(N)nc1-c1ccccc1OCCC(C)C. The Labute approximate surface area is 142 Å². The number of amides is 1. The summed E-state index contributed by atoms with van der Waals surface area (Å²) in [4.78, 5) is 20.7. The van der Waals surface area contributed by atoms with Crippen molar-refractivity contribution >= 4 is 11.9 Å². The molecule has 128 valence electrons. The summed E-state index contributed by atoms with van der Waals surface area (Å²) in [6.45, 7) is 6.64. The van der Waals surface area contributed by atoms with Crippen molar-refractivity contribution in [2.24, 2.45) is 5.92 Å². The van der Waals surface area contributed by atoms with Crippen molar-refractivity contribution in [1.29, 1.82) is 0 Å². The largest absolute Gasteiger partial charge is 0.493 e. The van der Waals surface area contributed by atoms with E-state index in [4.69, 9.17) is 10.5 Å². The third kappa shape index (κ3) is 4.01. The predicted molar refractivity (Wildman–Crippen MR) is 95.0 cm³/mol. The molecule has 2 rings (SSSR count). The molecule has 0 aliphatic carbocycles. The first-order valence-corrected chi connectivity index (χ1v) is 8.02. The number of aryl methyl sites for hydroxylation is 1. The van der Waals surface area contributed by atoms with Crippen molar-refractivity contribution in [1.82, 2.24) is 15.3 Å². The van der Waals surface area contributed by atoms with Crippen LogP contribution in [0.4, 0.5) is 5.95 Å². The molecule has 0 spiro atoms. The van der Waals surface area contributed by atoms with E-state index < -0.39 is 0 Å². The second-order valence-electron chi connectivity index (χ2n) is 6.00. The highest BCUT2D eigenvalue weighted by atomic mass is 16.5. The van der Waals surface area contributed by atoms with Crippen molar-refractivity contribution in [2.75, 3.05) is 19.4 Å². The van der Waals surface area contributed by atoms with Crippen molar-refractivity contribution in [3.8, 4) is 17.0 Å². The molecule has 1 heterocycles. The van der Waals surface area contributed by atoms with Gasteiger partial charge in [-0.25, -0.2) is 9.97 Å². The number of aromatic nitrogens is 2. The van der Waals surface area contributed by atoms with E-state index in [0.29, 0.717) is 35.2 Å². The minimum atomic E-state index is -0.250. The number of hydrogen-bond acceptors (Lipinski definition) is 5. The van der Waals surface area contributed by atoms with Gasteiger partial charge in [0.25, 0.3) is 5.91 Å². The molecular weight excluding hydrogens is 304 g/mol. The molecule has 0 atom stereocenters. The number of carbonyl (C=O) groups excluding carboxylic acids is 1. The van der Waals surface area contributed by atoms with Crippen molar-refractivity contribution in [3.63, 3.8) is 0 Å². The van der Waals surface area contributed by atoms with Crippen LogP contribution in [0, 0.1) is 12.8 Å². The van der Waals surface area contributed by atoms with Gasteiger partial charge in [-0.2, -0.15) is 0 Å². The average Bonchev–Trinajstić information content (AvgIpc) is 2.53. The zero-order chi connectivity index (χ0) is 17.7. The first-order chi connectivity index (χ1) is 11.4. The number of anilines is 1. The third-order valence-electron chi connectivity index (χ3n) is 3.66. The van der Waals surface area contributed by atoms with Crippen LogP contribution in [0.25, 0.3) is 11.3 Å². The Morgan fingerprint density at radius 1 is 1.29 bits per heavy atom. The minimum absolute atomic E-state index is 0.132. The molecule has 0 saturated carbocycles. The highest BCUT2D eigenvalue weighted by molar-refractivity contribution is 6.01. The predicted octanol–water partition coefficient (Wildman–Crippen LogP) is 2.82. The number of nitrogens with two attached hydrogens (primary N) is 1. The molecule has 24 heavy (non-hydrogen) atoms. The van der Waals surface area contributed by atoms with Crippen LogP contribution in [-0.2, 0) is 0 Å². The van der Waals surface area contributed by atoms with Crippen molar-refractivity contribution in [2.45, 2.75) is 27.2 Å². The fourth-order valence-electron chi connectivity index (χ4n) is 2.38. The Kier molecular flexibility index (Phi) is 5.73. The van der Waals surface area contributed by atoms with E-state index in [2.05, 4.69) is 29.1 Å². The zero-order valence-electron chi connectivity index (χ0n) is 14.6. The van der Waals surface area contributed by atoms with Gasteiger partial charge >= 0.3 is 0 Å². The van der Waals surface area contributed by atoms with E-state index in [9.17, 15) is 4.79 Å². The minimum Gasteiger partial charge on any atom is -0.493 e. The average molecular weight is 328 g/mol. The maximum Gasteiger partial charge on any atom is 0.255 e. The van der Waals surface area contributed by atoms with Crippen LogP contribution in [0.3, 0.4) is 0 Å². The standard InChI is InChI=1S/C18H24N4O2/c1-11(2)9-10-24-14-8-6-5-7-13(14)16-15(17(23)20-4)12(3)21-18(19)22-16/h5-8,11H,9-10H2,1-4H3,(H,20,23)(H2,19,21,22). The first kappa shape index (κ1) is 17.7. The monoisotopic (exact) mass is 328 g/mol. The van der Waals surface area contributed by atoms with Crippen LogP contribution in [-0.4, -0.2) is 29.5 Å². The van der Waals surface area contributed by atoms with Gasteiger partial charge in [-0.1, -0.05) is 26.0 Å². The molecule has 1 aromatic heterocycles. The summed E-state index contributed by atoms with van der Waals surface area (Å²) in [6, 6.07) is 7.52. The maximum absolute atomic E-state index is 12.3. The van der Waals surface area contributed by atoms with E-state index in [-0.39, 0.29) is 11.9 Å². The summed E-state index contributed by atoms with van der Waals surface area (Å²) in [5.41, 5.74) is 7.97. The number of ether oxygens (including phenoxy) is 1. The van der Waals surface area contributed by atoms with Gasteiger partial charge in [-0.15, -0.1) is 0 Å². The van der Waals surface area contributed by atoms with E-state index in [1.54, 1.807) is 14.0 Å². The van der Waals surface area contributed by atoms with Crippen LogP contribution in [0.15, 0.2) is 24.3 Å². The topological polar surface area (TPSA) is 90.1 Å². The molecule has 0 bridgehead atoms. The molecule has 0 aliphatic rings. The fraction of sp³-hybridized carbons (Fsp3) is 0.389. The molecule has 1 amide bonds. The molecule has 3 N–H and O–H groups in total. The first-order valence-electron chi connectivity index (χ1n) is 8.02. The second-order valence-corrected chi connectivity index (χ2v) is 6.00. The molecule has 0 aliphatic heterocycles. The fourth-order valence-corrected chi connectivity index (χ4v) is 2.38. The summed E-state index contributed by atoms with van der Waals surface area (Å²) < 4.78 is 5.92. The molecule has 6 nitrogen and oxygen atoms in total. The van der Waals surface area contributed by atoms with Crippen molar-refractivity contribution < 1.29 is 9.53 Å². The normalized spacial score (nSPS) is 10.7. The third-order valence-corrected chi connectivity index (χ3v) is 3.66. The number of benzene rings is 1. The molecule has 0 radical (unpaired) electrons. The maximum atomic E-state index is 12.3. The number of carbonyl (C=O) groups is 1. The molecule has 1 aromatic carbocycles. The van der Waals surface area contributed by atoms with Crippen molar-refractivity contribution in [3.05, 3.63) is 35.5 Å². The van der Waals surface area contributed by atoms with Crippen LogP contribution in [0.1, 0.15) is 36.3 Å². The molecule has 0 unspecified atom stereocenters. The summed E-state index contributed by atoms with van der Waals surface area (Å²) in [5.74, 6) is 1.11. The molecule has 6 heteroatoms. The highest BCUT2D eigenvalue weighted by Gasteiger charge is 2.21. The van der Waals surface area contributed by atoms with Gasteiger partial charge in [0.2, 0.25) is 5.95 Å². The number of nitrogens with one attached hydrogen (secondary N) is 1. The number of nitrogens with zero attached hydrogens (tertiary/aromatic N) is 2.